The van der Waals surface area contributed by atoms with Crippen molar-refractivity contribution in [3.63, 3.8) is 0 Å². The van der Waals surface area contributed by atoms with Gasteiger partial charge >= 0.3 is 0 Å². The molecule has 3 heteroatoms. The molecule has 0 amide bonds. The summed E-state index contributed by atoms with van der Waals surface area (Å²) in [6, 6.07) is 55.8. The maximum Gasteiger partial charge on any atom is 0.160 e. The smallest absolute Gasteiger partial charge is 0.160 e. The van der Waals surface area contributed by atoms with E-state index in [1.165, 1.54) is 33.0 Å². The third kappa shape index (κ3) is 4.37. The van der Waals surface area contributed by atoms with Crippen LogP contribution in [0, 0.1) is 0 Å². The molecule has 2 heterocycles. The minimum Gasteiger partial charge on any atom is -0.456 e. The number of para-hydroxylation sites is 1. The molecule has 50 heavy (non-hydrogen) atoms. The Bertz CT molecular complexity index is 2780. The van der Waals surface area contributed by atoms with Gasteiger partial charge in [0, 0.05) is 32.9 Å². The summed E-state index contributed by atoms with van der Waals surface area (Å²) in [5, 5.41) is 4.63. The summed E-state index contributed by atoms with van der Waals surface area (Å²) in [5.41, 5.74) is 13.8. The van der Waals surface area contributed by atoms with Crippen molar-refractivity contribution in [2.75, 3.05) is 0 Å². The molecule has 0 bridgehead atoms. The summed E-state index contributed by atoms with van der Waals surface area (Å²) >= 11 is 0. The molecule has 2 aromatic heterocycles. The zero-order valence-electron chi connectivity index (χ0n) is 27.8. The summed E-state index contributed by atoms with van der Waals surface area (Å²) in [5.74, 6) is 0.692. The van der Waals surface area contributed by atoms with E-state index in [0.29, 0.717) is 5.82 Å². The fraction of sp³-hybridized carbons (Fsp3) is 0.0638. The van der Waals surface area contributed by atoms with Crippen LogP contribution >= 0.6 is 0 Å². The number of rotatable bonds is 4. The van der Waals surface area contributed by atoms with E-state index in [-0.39, 0.29) is 5.41 Å². The minimum absolute atomic E-state index is 0.158. The Kier molecular flexibility index (Phi) is 6.22. The predicted molar refractivity (Wildman–Crippen MR) is 206 cm³/mol. The van der Waals surface area contributed by atoms with E-state index in [2.05, 4.69) is 135 Å². The molecule has 0 atom stereocenters. The molecule has 236 valence electrons. The maximum absolute atomic E-state index is 6.52. The maximum atomic E-state index is 6.52. The van der Waals surface area contributed by atoms with Crippen molar-refractivity contribution in [3.05, 3.63) is 169 Å². The number of hydrogen-bond donors (Lipinski definition) is 0. The molecule has 3 nitrogen and oxygen atoms in total. The van der Waals surface area contributed by atoms with Gasteiger partial charge in [-0.1, -0.05) is 135 Å². The molecule has 0 saturated carbocycles. The standard InChI is InChI=1S/C47H32N2O/c1-47(2)38-22-13-21-34(44(38)36-24-31-18-9-10-19-32(31)26-39(36)47)40-28-41(49-46(48-40)30-16-7-4-8-17-30)37-25-33(29-14-5-3-6-15-29)27-43-45(37)35-20-11-12-23-42(35)50-43/h3-28H,1-2H3. The molecular weight excluding hydrogens is 609 g/mol. The second-order valence-electron chi connectivity index (χ2n) is 13.8. The molecule has 0 spiro atoms. The highest BCUT2D eigenvalue weighted by molar-refractivity contribution is 6.13. The molecule has 0 unspecified atom stereocenters. The number of benzene rings is 7. The van der Waals surface area contributed by atoms with Crippen LogP contribution in [0.2, 0.25) is 0 Å². The van der Waals surface area contributed by atoms with Gasteiger partial charge in [0.15, 0.2) is 5.82 Å². The topological polar surface area (TPSA) is 38.9 Å². The summed E-state index contributed by atoms with van der Waals surface area (Å²) in [6.07, 6.45) is 0. The molecule has 0 fully saturated rings. The Morgan fingerprint density at radius 1 is 0.460 bits per heavy atom. The summed E-state index contributed by atoms with van der Waals surface area (Å²) < 4.78 is 6.52. The van der Waals surface area contributed by atoms with Gasteiger partial charge < -0.3 is 4.42 Å². The molecule has 0 saturated heterocycles. The molecule has 1 aliphatic rings. The van der Waals surface area contributed by atoms with E-state index >= 15 is 0 Å². The van der Waals surface area contributed by atoms with Crippen molar-refractivity contribution in [1.29, 1.82) is 0 Å². The molecule has 0 radical (unpaired) electrons. The molecule has 9 aromatic rings. The van der Waals surface area contributed by atoms with Crippen molar-refractivity contribution >= 4 is 32.7 Å². The van der Waals surface area contributed by atoms with Crippen molar-refractivity contribution in [3.8, 4) is 56.2 Å². The van der Waals surface area contributed by atoms with Gasteiger partial charge in [0.05, 0.1) is 11.4 Å². The summed E-state index contributed by atoms with van der Waals surface area (Å²) in [7, 11) is 0. The molecule has 0 N–H and O–H groups in total. The third-order valence-electron chi connectivity index (χ3n) is 10.5. The van der Waals surface area contributed by atoms with Gasteiger partial charge in [-0.25, -0.2) is 9.97 Å². The molecule has 10 rings (SSSR count). The normalized spacial score (nSPS) is 13.2. The second-order valence-corrected chi connectivity index (χ2v) is 13.8. The molecular formula is C47H32N2O. The van der Waals surface area contributed by atoms with Gasteiger partial charge in [-0.05, 0) is 80.6 Å². The first-order chi connectivity index (χ1) is 24.5. The van der Waals surface area contributed by atoms with Crippen molar-refractivity contribution < 1.29 is 4.42 Å². The van der Waals surface area contributed by atoms with Crippen LogP contribution in [-0.2, 0) is 5.41 Å². The first kappa shape index (κ1) is 28.7. The number of hydrogen-bond acceptors (Lipinski definition) is 3. The molecule has 0 aliphatic heterocycles. The third-order valence-corrected chi connectivity index (χ3v) is 10.5. The van der Waals surface area contributed by atoms with Crippen LogP contribution in [0.25, 0.3) is 88.9 Å². The minimum atomic E-state index is -0.158. The fourth-order valence-electron chi connectivity index (χ4n) is 7.98. The van der Waals surface area contributed by atoms with E-state index in [0.717, 1.165) is 61.1 Å². The lowest BCUT2D eigenvalue weighted by atomic mass is 9.81. The Hall–Kier alpha value is -6.32. The lowest BCUT2D eigenvalue weighted by Gasteiger charge is -2.22. The van der Waals surface area contributed by atoms with Crippen LogP contribution in [0.1, 0.15) is 25.0 Å². The number of aromatic nitrogens is 2. The van der Waals surface area contributed by atoms with Crippen molar-refractivity contribution in [2.45, 2.75) is 19.3 Å². The van der Waals surface area contributed by atoms with Gasteiger partial charge in [-0.2, -0.15) is 0 Å². The van der Waals surface area contributed by atoms with Gasteiger partial charge in [0.2, 0.25) is 0 Å². The quantitative estimate of drug-likeness (QED) is 0.192. The van der Waals surface area contributed by atoms with Crippen LogP contribution in [0.3, 0.4) is 0 Å². The largest absolute Gasteiger partial charge is 0.456 e. The van der Waals surface area contributed by atoms with E-state index in [9.17, 15) is 0 Å². The number of nitrogens with zero attached hydrogens (tertiary/aromatic N) is 2. The molecule has 1 aliphatic carbocycles. The lowest BCUT2D eigenvalue weighted by molar-refractivity contribution is 0.661. The first-order valence-corrected chi connectivity index (χ1v) is 17.2. The van der Waals surface area contributed by atoms with E-state index < -0.39 is 0 Å². The monoisotopic (exact) mass is 640 g/mol. The highest BCUT2D eigenvalue weighted by Gasteiger charge is 2.37. The van der Waals surface area contributed by atoms with Crippen LogP contribution in [0.15, 0.2) is 162 Å². The summed E-state index contributed by atoms with van der Waals surface area (Å²) in [6.45, 7) is 4.68. The predicted octanol–water partition coefficient (Wildman–Crippen LogP) is 12.5. The van der Waals surface area contributed by atoms with Gasteiger partial charge in [-0.15, -0.1) is 0 Å². The zero-order chi connectivity index (χ0) is 33.4. The zero-order valence-corrected chi connectivity index (χ0v) is 27.8. The number of fused-ring (bicyclic) bond motifs is 7. The SMILES string of the molecule is CC1(C)c2cc3ccccc3cc2-c2c(-c3cc(-c4cc(-c5ccccc5)cc5oc6ccccc6c45)nc(-c4ccccc4)n3)cccc21. The lowest BCUT2D eigenvalue weighted by Crippen LogP contribution is -2.14. The van der Waals surface area contributed by atoms with E-state index in [4.69, 9.17) is 14.4 Å². The Labute approximate surface area is 290 Å². The van der Waals surface area contributed by atoms with E-state index in [1.54, 1.807) is 0 Å². The average Bonchev–Trinajstić information content (AvgIpc) is 3.66. The van der Waals surface area contributed by atoms with Crippen molar-refractivity contribution in [2.24, 2.45) is 0 Å². The van der Waals surface area contributed by atoms with Crippen molar-refractivity contribution in [1.82, 2.24) is 9.97 Å². The fourth-order valence-corrected chi connectivity index (χ4v) is 7.98. The number of furan rings is 1. The van der Waals surface area contributed by atoms with Gasteiger partial charge in [-0.3, -0.25) is 0 Å². The Morgan fingerprint density at radius 2 is 1.12 bits per heavy atom. The van der Waals surface area contributed by atoms with Crippen LogP contribution < -0.4 is 0 Å². The summed E-state index contributed by atoms with van der Waals surface area (Å²) in [4.78, 5) is 10.7. The molecule has 7 aromatic carbocycles. The van der Waals surface area contributed by atoms with E-state index in [1.807, 2.05) is 36.4 Å². The average molecular weight is 641 g/mol. The highest BCUT2D eigenvalue weighted by atomic mass is 16.3. The Balaban J connectivity index is 1.28. The van der Waals surface area contributed by atoms with Gasteiger partial charge in [0.25, 0.3) is 0 Å². The first-order valence-electron chi connectivity index (χ1n) is 17.2. The van der Waals surface area contributed by atoms with Crippen LogP contribution in [-0.4, -0.2) is 9.97 Å². The van der Waals surface area contributed by atoms with Crippen LogP contribution in [0.5, 0.6) is 0 Å². The second kappa shape index (κ2) is 10.8. The Morgan fingerprint density at radius 3 is 1.90 bits per heavy atom. The van der Waals surface area contributed by atoms with Crippen LogP contribution in [0.4, 0.5) is 0 Å². The highest BCUT2D eigenvalue weighted by Crippen LogP contribution is 2.53. The van der Waals surface area contributed by atoms with Gasteiger partial charge in [0.1, 0.15) is 11.2 Å².